The maximum atomic E-state index is 11.9. The molecule has 0 fully saturated rings. The average molecular weight is 221 g/mol. The molecule has 7 heteroatoms. The van der Waals surface area contributed by atoms with Gasteiger partial charge in [0.1, 0.15) is 18.1 Å². The van der Waals surface area contributed by atoms with E-state index in [4.69, 9.17) is 0 Å². The number of aromatic nitrogens is 2. The molecule has 1 aromatic rings. The zero-order valence-electron chi connectivity index (χ0n) is 8.67. The van der Waals surface area contributed by atoms with Crippen molar-refractivity contribution in [1.82, 2.24) is 15.3 Å². The number of anilines is 2. The van der Waals surface area contributed by atoms with Crippen LogP contribution in [0.25, 0.3) is 0 Å². The molecule has 0 saturated carbocycles. The van der Waals surface area contributed by atoms with Crippen molar-refractivity contribution in [2.24, 2.45) is 0 Å². The Morgan fingerprint density at radius 2 is 2.50 bits per heavy atom. The lowest BCUT2D eigenvalue weighted by Crippen LogP contribution is -2.46. The van der Waals surface area contributed by atoms with E-state index in [1.165, 1.54) is 11.2 Å². The second-order valence-corrected chi connectivity index (χ2v) is 3.37. The first kappa shape index (κ1) is 10.3. The minimum Gasteiger partial charge on any atom is -0.366 e. The number of nitrogens with zero attached hydrogens (tertiary/aromatic N) is 3. The number of amides is 2. The zero-order chi connectivity index (χ0) is 11.5. The van der Waals surface area contributed by atoms with Crippen LogP contribution in [0.3, 0.4) is 0 Å². The van der Waals surface area contributed by atoms with E-state index in [0.717, 1.165) is 0 Å². The summed E-state index contributed by atoms with van der Waals surface area (Å²) in [4.78, 5) is 31.6. The quantitative estimate of drug-likeness (QED) is 0.624. The molecule has 0 unspecified atom stereocenters. The Balaban J connectivity index is 2.33. The summed E-state index contributed by atoms with van der Waals surface area (Å²) in [5.74, 6) is 0.384. The fourth-order valence-corrected chi connectivity index (χ4v) is 1.55. The highest BCUT2D eigenvalue weighted by Crippen LogP contribution is 2.23. The number of carbonyl (C=O) groups excluding carboxylic acids is 2. The van der Waals surface area contributed by atoms with Crippen molar-refractivity contribution in [3.63, 3.8) is 0 Å². The molecule has 0 aromatic carbocycles. The summed E-state index contributed by atoms with van der Waals surface area (Å²) in [7, 11) is 1.62. The monoisotopic (exact) mass is 221 g/mol. The van der Waals surface area contributed by atoms with Crippen molar-refractivity contribution in [1.29, 1.82) is 0 Å². The zero-order valence-corrected chi connectivity index (χ0v) is 8.67. The lowest BCUT2D eigenvalue weighted by Gasteiger charge is -2.18. The molecule has 16 heavy (non-hydrogen) atoms. The highest BCUT2D eigenvalue weighted by Gasteiger charge is 2.28. The molecule has 84 valence electrons. The number of hydrogen-bond donors (Lipinski definition) is 2. The summed E-state index contributed by atoms with van der Waals surface area (Å²) in [6.45, 7) is 0.311. The van der Waals surface area contributed by atoms with Crippen LogP contribution in [0, 0.1) is 0 Å². The van der Waals surface area contributed by atoms with Gasteiger partial charge in [-0.05, 0) is 0 Å². The molecule has 7 nitrogen and oxygen atoms in total. The van der Waals surface area contributed by atoms with Crippen LogP contribution in [0.5, 0.6) is 0 Å². The lowest BCUT2D eigenvalue weighted by atomic mass is 10.2. The van der Waals surface area contributed by atoms with E-state index in [1.54, 1.807) is 13.2 Å². The SMILES string of the molecule is CN1C(=O)[C@@H](NC=O)CNc2ncncc21. The van der Waals surface area contributed by atoms with Crippen LogP contribution in [-0.2, 0) is 9.59 Å². The van der Waals surface area contributed by atoms with Crippen molar-refractivity contribution in [2.75, 3.05) is 23.8 Å². The van der Waals surface area contributed by atoms with Crippen LogP contribution in [0.2, 0.25) is 0 Å². The fourth-order valence-electron chi connectivity index (χ4n) is 1.55. The molecule has 0 saturated heterocycles. The van der Waals surface area contributed by atoms with Gasteiger partial charge in [0.15, 0.2) is 5.82 Å². The third-order valence-electron chi connectivity index (χ3n) is 2.43. The van der Waals surface area contributed by atoms with Crippen LogP contribution >= 0.6 is 0 Å². The van der Waals surface area contributed by atoms with Gasteiger partial charge in [-0.15, -0.1) is 0 Å². The molecular formula is C9H11N5O2. The molecule has 2 amide bonds. The Morgan fingerprint density at radius 1 is 1.69 bits per heavy atom. The predicted molar refractivity (Wildman–Crippen MR) is 56.9 cm³/mol. The molecule has 1 atom stereocenters. The van der Waals surface area contributed by atoms with Crippen LogP contribution in [-0.4, -0.2) is 41.9 Å². The van der Waals surface area contributed by atoms with E-state index in [1.807, 2.05) is 0 Å². The van der Waals surface area contributed by atoms with Crippen LogP contribution in [0.1, 0.15) is 0 Å². The van der Waals surface area contributed by atoms with Crippen molar-refractivity contribution in [3.05, 3.63) is 12.5 Å². The first-order valence-corrected chi connectivity index (χ1v) is 4.75. The minimum atomic E-state index is -0.586. The molecule has 1 aromatic heterocycles. The van der Waals surface area contributed by atoms with Crippen molar-refractivity contribution in [3.8, 4) is 0 Å². The Bertz CT molecular complexity index is 422. The van der Waals surface area contributed by atoms with Crippen LogP contribution in [0.15, 0.2) is 12.5 Å². The van der Waals surface area contributed by atoms with Gasteiger partial charge in [0.2, 0.25) is 6.41 Å². The highest BCUT2D eigenvalue weighted by atomic mass is 16.2. The standard InChI is InChI=1S/C9H11N5O2/c1-14-7-3-10-4-12-8(7)11-2-6(9(14)16)13-5-15/h3-6H,2H2,1H3,(H,13,15)(H,10,11,12)/t6-/m0/s1. The van der Waals surface area contributed by atoms with Gasteiger partial charge in [0, 0.05) is 13.6 Å². The maximum absolute atomic E-state index is 11.9. The predicted octanol–water partition coefficient (Wildman–Crippen LogP) is -1.02. The summed E-state index contributed by atoms with van der Waals surface area (Å²) in [5, 5.41) is 5.44. The van der Waals surface area contributed by atoms with Gasteiger partial charge < -0.3 is 15.5 Å². The highest BCUT2D eigenvalue weighted by molar-refractivity contribution is 6.01. The first-order valence-electron chi connectivity index (χ1n) is 4.75. The fraction of sp³-hybridized carbons (Fsp3) is 0.333. The number of rotatable bonds is 2. The van der Waals surface area contributed by atoms with Gasteiger partial charge in [-0.25, -0.2) is 9.97 Å². The number of likely N-dealkylation sites (N-methyl/N-ethyl adjacent to an activating group) is 1. The summed E-state index contributed by atoms with van der Waals surface area (Å²) < 4.78 is 0. The second-order valence-electron chi connectivity index (χ2n) is 3.37. The Kier molecular flexibility index (Phi) is 2.67. The third kappa shape index (κ3) is 1.67. The molecule has 1 aliphatic heterocycles. The van der Waals surface area contributed by atoms with Crippen molar-refractivity contribution >= 4 is 23.8 Å². The van der Waals surface area contributed by atoms with E-state index in [-0.39, 0.29) is 5.91 Å². The average Bonchev–Trinajstić information content (AvgIpc) is 2.43. The second kappa shape index (κ2) is 4.13. The van der Waals surface area contributed by atoms with E-state index < -0.39 is 6.04 Å². The Labute approximate surface area is 91.9 Å². The normalized spacial score (nSPS) is 19.4. The van der Waals surface area contributed by atoms with E-state index in [0.29, 0.717) is 24.5 Å². The molecule has 0 bridgehead atoms. The van der Waals surface area contributed by atoms with Crippen molar-refractivity contribution < 1.29 is 9.59 Å². The van der Waals surface area contributed by atoms with Crippen LogP contribution in [0.4, 0.5) is 11.5 Å². The molecule has 2 N–H and O–H groups in total. The van der Waals surface area contributed by atoms with Gasteiger partial charge in [0.25, 0.3) is 5.91 Å². The van der Waals surface area contributed by atoms with Gasteiger partial charge >= 0.3 is 0 Å². The molecule has 0 aliphatic carbocycles. The summed E-state index contributed by atoms with van der Waals surface area (Å²) in [6, 6.07) is -0.586. The molecular weight excluding hydrogens is 210 g/mol. The first-order chi connectivity index (χ1) is 7.74. The molecule has 2 rings (SSSR count). The van der Waals surface area contributed by atoms with Crippen LogP contribution < -0.4 is 15.5 Å². The van der Waals surface area contributed by atoms with Gasteiger partial charge in [-0.2, -0.15) is 0 Å². The van der Waals surface area contributed by atoms with Gasteiger partial charge in [0.05, 0.1) is 6.20 Å². The molecule has 0 spiro atoms. The van der Waals surface area contributed by atoms with Gasteiger partial charge in [-0.1, -0.05) is 0 Å². The minimum absolute atomic E-state index is 0.201. The van der Waals surface area contributed by atoms with Crippen molar-refractivity contribution in [2.45, 2.75) is 6.04 Å². The van der Waals surface area contributed by atoms with E-state index in [9.17, 15) is 9.59 Å². The maximum Gasteiger partial charge on any atom is 0.251 e. The summed E-state index contributed by atoms with van der Waals surface area (Å²) >= 11 is 0. The van der Waals surface area contributed by atoms with Gasteiger partial charge in [-0.3, -0.25) is 9.59 Å². The molecule has 1 aliphatic rings. The van der Waals surface area contributed by atoms with E-state index >= 15 is 0 Å². The number of carbonyl (C=O) groups is 2. The molecule has 0 radical (unpaired) electrons. The lowest BCUT2D eigenvalue weighted by molar-refractivity contribution is -0.122. The summed E-state index contributed by atoms with van der Waals surface area (Å²) in [5.41, 5.74) is 0.600. The number of fused-ring (bicyclic) bond motifs is 1. The molecule has 2 heterocycles. The number of hydrogen-bond acceptors (Lipinski definition) is 5. The Morgan fingerprint density at radius 3 is 3.25 bits per heavy atom. The Hall–Kier alpha value is -2.18. The van der Waals surface area contributed by atoms with E-state index in [2.05, 4.69) is 20.6 Å². The largest absolute Gasteiger partial charge is 0.366 e. The smallest absolute Gasteiger partial charge is 0.251 e. The topological polar surface area (TPSA) is 87.2 Å². The number of nitrogens with one attached hydrogen (secondary N) is 2. The summed E-state index contributed by atoms with van der Waals surface area (Å²) in [6.07, 6.45) is 3.47. The third-order valence-corrected chi connectivity index (χ3v) is 2.43.